The van der Waals surface area contributed by atoms with Crippen LogP contribution in [0.2, 0.25) is 0 Å². The summed E-state index contributed by atoms with van der Waals surface area (Å²) in [6.45, 7) is 1.58. The van der Waals surface area contributed by atoms with Gasteiger partial charge in [0.05, 0.1) is 11.4 Å². The van der Waals surface area contributed by atoms with Crippen molar-refractivity contribution in [1.29, 1.82) is 0 Å². The van der Waals surface area contributed by atoms with Gasteiger partial charge in [0.2, 0.25) is 5.91 Å². The second kappa shape index (κ2) is 6.40. The van der Waals surface area contributed by atoms with Gasteiger partial charge in [-0.2, -0.15) is 0 Å². The number of aromatic nitrogens is 1. The number of rotatable bonds is 3. The van der Waals surface area contributed by atoms with Gasteiger partial charge in [-0.15, -0.1) is 0 Å². The molecule has 1 atom stereocenters. The van der Waals surface area contributed by atoms with Crippen molar-refractivity contribution in [3.63, 3.8) is 0 Å². The van der Waals surface area contributed by atoms with E-state index in [0.29, 0.717) is 6.42 Å². The molecule has 124 valence electrons. The maximum Gasteiger partial charge on any atom is 0.228 e. The van der Waals surface area contributed by atoms with Gasteiger partial charge in [-0.05, 0) is 36.4 Å². The highest BCUT2D eigenvalue weighted by Gasteiger charge is 2.30. The summed E-state index contributed by atoms with van der Waals surface area (Å²) < 4.78 is 6.10. The van der Waals surface area contributed by atoms with Crippen LogP contribution in [-0.4, -0.2) is 10.9 Å². The van der Waals surface area contributed by atoms with Crippen molar-refractivity contribution in [2.75, 3.05) is 4.90 Å². The van der Waals surface area contributed by atoms with Crippen LogP contribution in [0.5, 0.6) is 5.75 Å². The highest BCUT2D eigenvalue weighted by Crippen LogP contribution is 2.43. The molecule has 1 unspecified atom stereocenters. The zero-order valence-electron chi connectivity index (χ0n) is 13.9. The molecule has 0 bridgehead atoms. The Hall–Kier alpha value is -3.14. The molecule has 0 fully saturated rings. The Kier molecular flexibility index (Phi) is 3.94. The molecular formula is C21H18N2O2. The van der Waals surface area contributed by atoms with Gasteiger partial charge in [-0.3, -0.25) is 14.7 Å². The third kappa shape index (κ3) is 2.87. The topological polar surface area (TPSA) is 42.4 Å². The van der Waals surface area contributed by atoms with Crippen LogP contribution < -0.4 is 9.64 Å². The minimum Gasteiger partial charge on any atom is -0.483 e. The van der Waals surface area contributed by atoms with Crippen molar-refractivity contribution in [3.8, 4) is 5.75 Å². The molecule has 1 aliphatic heterocycles. The first-order valence-corrected chi connectivity index (χ1v) is 8.29. The molecule has 4 nitrogen and oxygen atoms in total. The fourth-order valence-electron chi connectivity index (χ4n) is 3.26. The molecule has 1 amide bonds. The van der Waals surface area contributed by atoms with Gasteiger partial charge in [-0.25, -0.2) is 0 Å². The average molecular weight is 330 g/mol. The smallest absolute Gasteiger partial charge is 0.228 e. The Bertz CT molecular complexity index is 894. The Balaban J connectivity index is 1.74. The van der Waals surface area contributed by atoms with Crippen molar-refractivity contribution in [3.05, 3.63) is 84.2 Å². The highest BCUT2D eigenvalue weighted by molar-refractivity contribution is 6.00. The molecule has 0 spiro atoms. The van der Waals surface area contributed by atoms with E-state index in [1.807, 2.05) is 66.7 Å². The van der Waals surface area contributed by atoms with Gasteiger partial charge in [0, 0.05) is 30.8 Å². The van der Waals surface area contributed by atoms with Gasteiger partial charge in [-0.1, -0.05) is 30.3 Å². The summed E-state index contributed by atoms with van der Waals surface area (Å²) >= 11 is 0. The number of hydrogen-bond donors (Lipinski definition) is 0. The number of ether oxygens (including phenoxy) is 1. The number of para-hydroxylation sites is 1. The summed E-state index contributed by atoms with van der Waals surface area (Å²) in [5, 5.41) is 0. The fraction of sp³-hybridized carbons (Fsp3) is 0.143. The van der Waals surface area contributed by atoms with Crippen LogP contribution in [0.15, 0.2) is 72.9 Å². The van der Waals surface area contributed by atoms with E-state index >= 15 is 0 Å². The predicted octanol–water partition coefficient (Wildman–Crippen LogP) is 4.44. The van der Waals surface area contributed by atoms with Crippen LogP contribution in [-0.2, 0) is 11.2 Å². The van der Waals surface area contributed by atoms with E-state index in [2.05, 4.69) is 4.98 Å². The van der Waals surface area contributed by atoms with Crippen molar-refractivity contribution in [2.24, 2.45) is 0 Å². The van der Waals surface area contributed by atoms with E-state index in [1.54, 1.807) is 18.0 Å². The number of hydrogen-bond acceptors (Lipinski definition) is 3. The van der Waals surface area contributed by atoms with Crippen LogP contribution in [0.3, 0.4) is 0 Å². The van der Waals surface area contributed by atoms with Gasteiger partial charge in [0.15, 0.2) is 0 Å². The predicted molar refractivity (Wildman–Crippen MR) is 97.0 cm³/mol. The molecule has 0 N–H and O–H groups in total. The van der Waals surface area contributed by atoms with Crippen molar-refractivity contribution in [1.82, 2.24) is 4.98 Å². The minimum atomic E-state index is -0.123. The van der Waals surface area contributed by atoms with Gasteiger partial charge in [0.25, 0.3) is 0 Å². The molecule has 1 aromatic heterocycles. The lowest BCUT2D eigenvalue weighted by atomic mass is 10.0. The summed E-state index contributed by atoms with van der Waals surface area (Å²) in [7, 11) is 0. The third-order valence-corrected chi connectivity index (χ3v) is 4.35. The normalized spacial score (nSPS) is 15.3. The number of benzene rings is 2. The number of carbonyl (C=O) groups excluding carboxylic acids is 1. The van der Waals surface area contributed by atoms with Crippen molar-refractivity contribution in [2.45, 2.75) is 19.4 Å². The Labute approximate surface area is 146 Å². The number of nitrogens with zero attached hydrogens (tertiary/aromatic N) is 2. The minimum absolute atomic E-state index is 0.0270. The average Bonchev–Trinajstić information content (AvgIpc) is 3.08. The lowest BCUT2D eigenvalue weighted by Crippen LogP contribution is -2.23. The Morgan fingerprint density at radius 2 is 1.84 bits per heavy atom. The van der Waals surface area contributed by atoms with E-state index in [-0.39, 0.29) is 12.0 Å². The van der Waals surface area contributed by atoms with E-state index < -0.39 is 0 Å². The third-order valence-electron chi connectivity index (χ3n) is 4.35. The first-order valence-electron chi connectivity index (χ1n) is 8.29. The monoisotopic (exact) mass is 330 g/mol. The van der Waals surface area contributed by atoms with Crippen LogP contribution in [0.4, 0.5) is 11.4 Å². The standard InChI is InChI=1S/C21H18N2O2/c1-15(24)23(16-8-3-2-4-9-16)19-11-7-12-20-17(19)14-21(25-20)18-10-5-6-13-22-18/h2-13,21H,14H2,1H3. The van der Waals surface area contributed by atoms with Crippen LogP contribution in [0, 0.1) is 0 Å². The lowest BCUT2D eigenvalue weighted by Gasteiger charge is -2.23. The molecule has 0 radical (unpaired) electrons. The highest BCUT2D eigenvalue weighted by atomic mass is 16.5. The summed E-state index contributed by atoms with van der Waals surface area (Å²) in [6.07, 6.45) is 2.34. The molecule has 0 saturated heterocycles. The largest absolute Gasteiger partial charge is 0.483 e. The zero-order chi connectivity index (χ0) is 17.2. The Morgan fingerprint density at radius 3 is 2.56 bits per heavy atom. The number of anilines is 2. The quantitative estimate of drug-likeness (QED) is 0.713. The van der Waals surface area contributed by atoms with E-state index in [1.165, 1.54) is 0 Å². The van der Waals surface area contributed by atoms with Crippen LogP contribution in [0.1, 0.15) is 24.3 Å². The number of pyridine rings is 1. The summed E-state index contributed by atoms with van der Waals surface area (Å²) in [6, 6.07) is 21.3. The lowest BCUT2D eigenvalue weighted by molar-refractivity contribution is -0.115. The van der Waals surface area contributed by atoms with Crippen molar-refractivity contribution >= 4 is 17.3 Å². The molecule has 3 aromatic rings. The molecule has 25 heavy (non-hydrogen) atoms. The molecule has 0 aliphatic carbocycles. The Morgan fingerprint density at radius 1 is 1.04 bits per heavy atom. The number of amides is 1. The zero-order valence-corrected chi connectivity index (χ0v) is 13.9. The maximum absolute atomic E-state index is 12.4. The first-order chi connectivity index (χ1) is 12.2. The maximum atomic E-state index is 12.4. The van der Waals surface area contributed by atoms with Gasteiger partial charge < -0.3 is 4.74 Å². The SMILES string of the molecule is CC(=O)N(c1ccccc1)c1cccc2c1CC(c1ccccn1)O2. The second-order valence-corrected chi connectivity index (χ2v) is 6.01. The first kappa shape index (κ1) is 15.4. The van der Waals surface area contributed by atoms with E-state index in [9.17, 15) is 4.79 Å². The second-order valence-electron chi connectivity index (χ2n) is 6.01. The molecule has 4 rings (SSSR count). The molecule has 2 heterocycles. The van der Waals surface area contributed by atoms with Gasteiger partial charge in [0.1, 0.15) is 11.9 Å². The molecule has 4 heteroatoms. The summed E-state index contributed by atoms with van der Waals surface area (Å²) in [5.41, 5.74) is 3.66. The van der Waals surface area contributed by atoms with E-state index in [4.69, 9.17) is 4.74 Å². The summed E-state index contributed by atoms with van der Waals surface area (Å²) in [5.74, 6) is 0.788. The number of carbonyl (C=O) groups is 1. The fourth-order valence-corrected chi connectivity index (χ4v) is 3.26. The molecule has 0 saturated carbocycles. The van der Waals surface area contributed by atoms with Crippen LogP contribution in [0.25, 0.3) is 0 Å². The van der Waals surface area contributed by atoms with Gasteiger partial charge >= 0.3 is 0 Å². The molecule has 1 aliphatic rings. The summed E-state index contributed by atoms with van der Waals surface area (Å²) in [4.78, 5) is 18.5. The molecule has 2 aromatic carbocycles. The number of fused-ring (bicyclic) bond motifs is 1. The van der Waals surface area contributed by atoms with Crippen molar-refractivity contribution < 1.29 is 9.53 Å². The van der Waals surface area contributed by atoms with Crippen LogP contribution >= 0.6 is 0 Å². The molecular weight excluding hydrogens is 312 g/mol. The van der Waals surface area contributed by atoms with E-state index in [0.717, 1.165) is 28.4 Å².